The highest BCUT2D eigenvalue weighted by Crippen LogP contribution is 2.68. The first-order valence-electron chi connectivity index (χ1n) is 12.0. The second-order valence-corrected chi connectivity index (χ2v) is 11.2. The van der Waals surface area contributed by atoms with Crippen molar-refractivity contribution in [3.05, 3.63) is 0 Å². The van der Waals surface area contributed by atoms with Gasteiger partial charge in [0.25, 0.3) is 0 Å². The van der Waals surface area contributed by atoms with Crippen LogP contribution in [-0.4, -0.2) is 24.1 Å². The van der Waals surface area contributed by atoms with Crippen molar-refractivity contribution in [2.24, 2.45) is 40.4 Å². The van der Waals surface area contributed by atoms with Gasteiger partial charge in [0.15, 0.2) is 0 Å². The summed E-state index contributed by atoms with van der Waals surface area (Å²) in [5.74, 6) is 3.32. The number of rotatable bonds is 3. The van der Waals surface area contributed by atoms with E-state index < -0.39 is 0 Å². The molecule has 0 aromatic carbocycles. The maximum atomic E-state index is 11.5. The lowest BCUT2D eigenvalue weighted by atomic mass is 9.44. The predicted octanol–water partition coefficient (Wildman–Crippen LogP) is 5.53. The van der Waals surface area contributed by atoms with Gasteiger partial charge >= 0.3 is 11.9 Å². The molecule has 0 amide bonds. The molecule has 0 radical (unpaired) electrons. The molecule has 29 heavy (non-hydrogen) atoms. The summed E-state index contributed by atoms with van der Waals surface area (Å²) in [6.45, 7) is 10.2. The molecule has 0 spiro atoms. The topological polar surface area (TPSA) is 52.6 Å². The number of hydrogen-bond acceptors (Lipinski definition) is 4. The molecule has 0 bridgehead atoms. The Hall–Kier alpha value is -1.06. The van der Waals surface area contributed by atoms with E-state index in [4.69, 9.17) is 9.47 Å². The van der Waals surface area contributed by atoms with Crippen LogP contribution in [0.4, 0.5) is 0 Å². The van der Waals surface area contributed by atoms with E-state index in [0.29, 0.717) is 22.7 Å². The summed E-state index contributed by atoms with van der Waals surface area (Å²) in [5.41, 5.74) is 0.717. The Morgan fingerprint density at radius 1 is 0.862 bits per heavy atom. The fourth-order valence-electron chi connectivity index (χ4n) is 8.72. The molecule has 4 saturated carbocycles. The van der Waals surface area contributed by atoms with Gasteiger partial charge in [0.1, 0.15) is 12.2 Å². The zero-order valence-electron chi connectivity index (χ0n) is 19.0. The zero-order valence-corrected chi connectivity index (χ0v) is 19.0. The van der Waals surface area contributed by atoms with E-state index in [1.165, 1.54) is 51.9 Å². The smallest absolute Gasteiger partial charge is 0.302 e. The molecule has 0 aromatic heterocycles. The molecule has 4 rings (SSSR count). The van der Waals surface area contributed by atoms with Crippen LogP contribution in [0.1, 0.15) is 92.4 Å². The summed E-state index contributed by atoms with van der Waals surface area (Å²) in [5, 5.41) is 0. The molecule has 0 unspecified atom stereocenters. The fraction of sp³-hybridized carbons (Fsp3) is 0.920. The van der Waals surface area contributed by atoms with E-state index in [1.807, 2.05) is 0 Å². The molecule has 9 atom stereocenters. The number of hydrogen-bond donors (Lipinski definition) is 0. The third kappa shape index (κ3) is 3.53. The number of esters is 2. The quantitative estimate of drug-likeness (QED) is 0.581. The average Bonchev–Trinajstić information content (AvgIpc) is 2.98. The van der Waals surface area contributed by atoms with Crippen molar-refractivity contribution in [3.8, 4) is 0 Å². The standard InChI is InChI=1S/C25H40O4/c1-15(28-16(2)26)21-8-9-22-20-7-6-18-14-19(29-17(3)27)10-12-24(18,4)23(20)11-13-25(21,22)5/h15,18-23H,6-14H2,1-5H3/t15-,18-,19-,20+,21+,22-,23+,24+,25+/m1/s1. The number of ether oxygens (including phenoxy) is 2. The highest BCUT2D eigenvalue weighted by Gasteiger charge is 2.61. The summed E-state index contributed by atoms with van der Waals surface area (Å²) in [4.78, 5) is 23.0. The Bertz CT molecular complexity index is 659. The summed E-state index contributed by atoms with van der Waals surface area (Å²) in [7, 11) is 0. The van der Waals surface area contributed by atoms with Crippen LogP contribution in [0.2, 0.25) is 0 Å². The van der Waals surface area contributed by atoms with Crippen molar-refractivity contribution in [3.63, 3.8) is 0 Å². The Morgan fingerprint density at radius 3 is 2.24 bits per heavy atom. The van der Waals surface area contributed by atoms with Crippen molar-refractivity contribution in [2.45, 2.75) is 105 Å². The van der Waals surface area contributed by atoms with Gasteiger partial charge in [-0.05, 0) is 99.2 Å². The third-order valence-corrected chi connectivity index (χ3v) is 9.94. The Labute approximate surface area is 176 Å². The summed E-state index contributed by atoms with van der Waals surface area (Å²) < 4.78 is 11.3. The lowest BCUT2D eigenvalue weighted by Gasteiger charge is -2.61. The minimum absolute atomic E-state index is 0.0325. The highest BCUT2D eigenvalue weighted by molar-refractivity contribution is 5.66. The van der Waals surface area contributed by atoms with E-state index in [9.17, 15) is 9.59 Å². The number of carbonyl (C=O) groups is 2. The van der Waals surface area contributed by atoms with Crippen molar-refractivity contribution >= 4 is 11.9 Å². The molecule has 0 saturated heterocycles. The van der Waals surface area contributed by atoms with E-state index in [0.717, 1.165) is 30.6 Å². The van der Waals surface area contributed by atoms with Crippen LogP contribution in [-0.2, 0) is 19.1 Å². The minimum atomic E-state index is -0.143. The fourth-order valence-corrected chi connectivity index (χ4v) is 8.72. The Balaban J connectivity index is 1.50. The first kappa shape index (κ1) is 21.2. The predicted molar refractivity (Wildman–Crippen MR) is 112 cm³/mol. The molecule has 164 valence electrons. The molecule has 4 aliphatic carbocycles. The Morgan fingerprint density at radius 2 is 1.55 bits per heavy atom. The van der Waals surface area contributed by atoms with Crippen molar-refractivity contribution in [1.29, 1.82) is 0 Å². The largest absolute Gasteiger partial charge is 0.463 e. The van der Waals surface area contributed by atoms with Crippen LogP contribution in [0.25, 0.3) is 0 Å². The maximum Gasteiger partial charge on any atom is 0.302 e. The van der Waals surface area contributed by atoms with Crippen LogP contribution < -0.4 is 0 Å². The van der Waals surface area contributed by atoms with Gasteiger partial charge in [-0.1, -0.05) is 13.8 Å². The van der Waals surface area contributed by atoms with Gasteiger partial charge in [-0.3, -0.25) is 9.59 Å². The van der Waals surface area contributed by atoms with Crippen molar-refractivity contribution in [1.82, 2.24) is 0 Å². The summed E-state index contributed by atoms with van der Waals surface area (Å²) in [6.07, 6.45) is 11.2. The molecule has 0 heterocycles. The van der Waals surface area contributed by atoms with Crippen molar-refractivity contribution < 1.29 is 19.1 Å². The lowest BCUT2D eigenvalue weighted by molar-refractivity contribution is -0.164. The first-order chi connectivity index (χ1) is 13.6. The molecule has 0 aliphatic heterocycles. The van der Waals surface area contributed by atoms with Crippen LogP contribution in [0.5, 0.6) is 0 Å². The summed E-state index contributed by atoms with van der Waals surface area (Å²) in [6, 6.07) is 0. The second-order valence-electron chi connectivity index (χ2n) is 11.2. The molecular formula is C25H40O4. The van der Waals surface area contributed by atoms with Gasteiger partial charge in [0, 0.05) is 19.8 Å². The average molecular weight is 405 g/mol. The van der Waals surface area contributed by atoms with Crippen molar-refractivity contribution in [2.75, 3.05) is 0 Å². The van der Waals surface area contributed by atoms with E-state index in [-0.39, 0.29) is 24.1 Å². The van der Waals surface area contributed by atoms with Gasteiger partial charge in [-0.15, -0.1) is 0 Å². The second kappa shape index (κ2) is 7.57. The van der Waals surface area contributed by atoms with Crippen LogP contribution in [0.15, 0.2) is 0 Å². The number of carbonyl (C=O) groups excluding carboxylic acids is 2. The lowest BCUT2D eigenvalue weighted by Crippen LogP contribution is -2.54. The zero-order chi connectivity index (χ0) is 21.0. The SMILES string of the molecule is CC(=O)O[C@@H]1CC[C@@]2(C)[C@H](CC[C@H]3[C@H]4CC[C@@H]([C@@H](C)OC(C)=O)[C@]4(C)CC[C@@H]32)C1. The maximum absolute atomic E-state index is 11.5. The molecule has 4 nitrogen and oxygen atoms in total. The van der Waals surface area contributed by atoms with Crippen LogP contribution in [0, 0.1) is 40.4 Å². The van der Waals surface area contributed by atoms with E-state index in [2.05, 4.69) is 20.8 Å². The van der Waals surface area contributed by atoms with E-state index >= 15 is 0 Å². The molecular weight excluding hydrogens is 364 g/mol. The van der Waals surface area contributed by atoms with Gasteiger partial charge in [-0.2, -0.15) is 0 Å². The Kier molecular flexibility index (Phi) is 5.53. The first-order valence-corrected chi connectivity index (χ1v) is 12.0. The molecule has 0 N–H and O–H groups in total. The van der Waals surface area contributed by atoms with Gasteiger partial charge in [0.2, 0.25) is 0 Å². The van der Waals surface area contributed by atoms with Crippen LogP contribution >= 0.6 is 0 Å². The van der Waals surface area contributed by atoms with Gasteiger partial charge in [-0.25, -0.2) is 0 Å². The summed E-state index contributed by atoms with van der Waals surface area (Å²) >= 11 is 0. The van der Waals surface area contributed by atoms with Crippen LogP contribution in [0.3, 0.4) is 0 Å². The van der Waals surface area contributed by atoms with Gasteiger partial charge < -0.3 is 9.47 Å². The third-order valence-electron chi connectivity index (χ3n) is 9.94. The highest BCUT2D eigenvalue weighted by atomic mass is 16.5. The molecule has 4 fully saturated rings. The normalized spacial score (nSPS) is 47.3. The van der Waals surface area contributed by atoms with Gasteiger partial charge in [0.05, 0.1) is 0 Å². The molecule has 4 aliphatic rings. The molecule has 4 heteroatoms. The number of fused-ring (bicyclic) bond motifs is 5. The minimum Gasteiger partial charge on any atom is -0.463 e. The molecule has 0 aromatic rings. The van der Waals surface area contributed by atoms with E-state index in [1.54, 1.807) is 6.92 Å². The monoisotopic (exact) mass is 404 g/mol.